The topological polar surface area (TPSA) is 105 Å². The van der Waals surface area contributed by atoms with E-state index in [-0.39, 0.29) is 11.3 Å². The Hall–Kier alpha value is -2.53. The van der Waals surface area contributed by atoms with Gasteiger partial charge in [-0.2, -0.15) is 5.26 Å². The fourth-order valence-electron chi connectivity index (χ4n) is 1.44. The van der Waals surface area contributed by atoms with Gasteiger partial charge in [-0.3, -0.25) is 10.1 Å². The van der Waals surface area contributed by atoms with Crippen molar-refractivity contribution in [1.82, 2.24) is 9.97 Å². The van der Waals surface area contributed by atoms with Gasteiger partial charge < -0.3 is 5.32 Å². The number of hydrogen-bond acceptors (Lipinski definition) is 7. The van der Waals surface area contributed by atoms with Gasteiger partial charge in [0, 0.05) is 17.1 Å². The number of rotatable bonds is 4. The first-order chi connectivity index (χ1) is 9.10. The molecule has 1 N–H and O–H groups in total. The lowest BCUT2D eigenvalue weighted by Crippen LogP contribution is -2.03. The van der Waals surface area contributed by atoms with E-state index in [9.17, 15) is 10.1 Å². The maximum absolute atomic E-state index is 10.6. The summed E-state index contributed by atoms with van der Waals surface area (Å²) in [5.41, 5.74) is -0.0498. The van der Waals surface area contributed by atoms with Crippen LogP contribution >= 0.6 is 11.3 Å². The number of nitrogens with one attached hydrogen (secondary N) is 1. The van der Waals surface area contributed by atoms with Crippen LogP contribution in [0.5, 0.6) is 0 Å². The molecular formula is C11H9N5O2S. The lowest BCUT2D eigenvalue weighted by Gasteiger charge is -2.04. The Balaban J connectivity index is 2.16. The van der Waals surface area contributed by atoms with Crippen molar-refractivity contribution < 1.29 is 4.92 Å². The molecule has 7 nitrogen and oxygen atoms in total. The van der Waals surface area contributed by atoms with E-state index in [1.807, 2.05) is 13.0 Å². The number of aromatic nitrogens is 2. The number of anilines is 1. The lowest BCUT2D eigenvalue weighted by atomic mass is 10.2. The summed E-state index contributed by atoms with van der Waals surface area (Å²) < 4.78 is 0. The molecular weight excluding hydrogens is 266 g/mol. The van der Waals surface area contributed by atoms with Crippen LogP contribution in [0.4, 0.5) is 11.5 Å². The van der Waals surface area contributed by atoms with Crippen molar-refractivity contribution in [2.45, 2.75) is 13.5 Å². The molecule has 2 aromatic heterocycles. The van der Waals surface area contributed by atoms with Crippen LogP contribution in [-0.2, 0) is 6.54 Å². The van der Waals surface area contributed by atoms with Crippen LogP contribution in [0.3, 0.4) is 0 Å². The predicted molar refractivity (Wildman–Crippen MR) is 69.8 cm³/mol. The maximum atomic E-state index is 10.6. The minimum absolute atomic E-state index is 0.149. The molecule has 0 amide bonds. The van der Waals surface area contributed by atoms with E-state index < -0.39 is 4.92 Å². The number of nitrogens with zero attached hydrogens (tertiary/aromatic N) is 4. The lowest BCUT2D eigenvalue weighted by molar-refractivity contribution is -0.385. The average Bonchev–Trinajstić information content (AvgIpc) is 2.81. The minimum Gasteiger partial charge on any atom is -0.364 e. The third kappa shape index (κ3) is 3.02. The molecule has 0 aromatic carbocycles. The summed E-state index contributed by atoms with van der Waals surface area (Å²) in [5.74, 6) is 0.333. The van der Waals surface area contributed by atoms with Gasteiger partial charge >= 0.3 is 0 Å². The number of thiazole rings is 1. The quantitative estimate of drug-likeness (QED) is 0.677. The summed E-state index contributed by atoms with van der Waals surface area (Å²) >= 11 is 1.54. The Morgan fingerprint density at radius 2 is 2.32 bits per heavy atom. The highest BCUT2D eigenvalue weighted by Gasteiger charge is 2.12. The number of aryl methyl sites for hydroxylation is 1. The Morgan fingerprint density at radius 1 is 1.53 bits per heavy atom. The van der Waals surface area contributed by atoms with Crippen LogP contribution in [0.25, 0.3) is 0 Å². The van der Waals surface area contributed by atoms with E-state index in [1.54, 1.807) is 6.20 Å². The van der Waals surface area contributed by atoms with E-state index in [4.69, 9.17) is 5.26 Å². The van der Waals surface area contributed by atoms with E-state index in [2.05, 4.69) is 15.3 Å². The van der Waals surface area contributed by atoms with Gasteiger partial charge in [0.1, 0.15) is 23.6 Å². The van der Waals surface area contributed by atoms with Crippen molar-refractivity contribution in [2.75, 3.05) is 5.32 Å². The zero-order valence-corrected chi connectivity index (χ0v) is 10.8. The molecule has 96 valence electrons. The van der Waals surface area contributed by atoms with Crippen LogP contribution in [-0.4, -0.2) is 14.9 Å². The van der Waals surface area contributed by atoms with Crippen molar-refractivity contribution in [3.8, 4) is 6.07 Å². The van der Waals surface area contributed by atoms with Gasteiger partial charge in [-0.1, -0.05) is 0 Å². The Morgan fingerprint density at radius 3 is 2.89 bits per heavy atom. The largest absolute Gasteiger partial charge is 0.364 e. The van der Waals surface area contributed by atoms with E-state index in [1.165, 1.54) is 17.4 Å². The molecule has 0 saturated carbocycles. The monoisotopic (exact) mass is 275 g/mol. The fraction of sp³-hybridized carbons (Fsp3) is 0.182. The van der Waals surface area contributed by atoms with Crippen LogP contribution in [0.2, 0.25) is 0 Å². The molecule has 0 aliphatic rings. The summed E-state index contributed by atoms with van der Waals surface area (Å²) in [6.07, 6.45) is 2.87. The van der Waals surface area contributed by atoms with Gasteiger partial charge in [0.05, 0.1) is 16.5 Å². The average molecular weight is 275 g/mol. The molecule has 0 atom stereocenters. The third-order valence-electron chi connectivity index (χ3n) is 2.30. The zero-order valence-electron chi connectivity index (χ0n) is 9.95. The number of nitriles is 1. The SMILES string of the molecule is Cc1ncc(CNc2ncc([N+](=O)[O-])cc2C#N)s1. The van der Waals surface area contributed by atoms with Gasteiger partial charge in [0.2, 0.25) is 0 Å². The van der Waals surface area contributed by atoms with E-state index in [0.29, 0.717) is 12.4 Å². The molecule has 0 aliphatic heterocycles. The van der Waals surface area contributed by atoms with Gasteiger partial charge in [-0.05, 0) is 6.92 Å². The van der Waals surface area contributed by atoms with Crippen molar-refractivity contribution in [3.63, 3.8) is 0 Å². The fourth-order valence-corrected chi connectivity index (χ4v) is 2.17. The van der Waals surface area contributed by atoms with Crippen molar-refractivity contribution in [2.24, 2.45) is 0 Å². The van der Waals surface area contributed by atoms with Crippen LogP contribution < -0.4 is 5.32 Å². The predicted octanol–water partition coefficient (Wildman–Crippen LogP) is 2.24. The van der Waals surface area contributed by atoms with Crippen molar-refractivity contribution >= 4 is 22.8 Å². The van der Waals surface area contributed by atoms with Crippen LogP contribution in [0.15, 0.2) is 18.5 Å². The summed E-state index contributed by atoms with van der Waals surface area (Å²) in [7, 11) is 0. The molecule has 0 bridgehead atoms. The molecule has 2 heterocycles. The second kappa shape index (κ2) is 5.41. The van der Waals surface area contributed by atoms with E-state index >= 15 is 0 Å². The summed E-state index contributed by atoms with van der Waals surface area (Å²) in [6, 6.07) is 3.09. The van der Waals surface area contributed by atoms with Crippen molar-refractivity contribution in [3.05, 3.63) is 44.0 Å². The normalized spacial score (nSPS) is 9.89. The molecule has 2 rings (SSSR count). The first-order valence-electron chi connectivity index (χ1n) is 5.30. The summed E-state index contributed by atoms with van der Waals surface area (Å²) in [4.78, 5) is 19.0. The number of hydrogen-bond donors (Lipinski definition) is 1. The molecule has 0 saturated heterocycles. The van der Waals surface area contributed by atoms with Gasteiger partial charge in [0.15, 0.2) is 0 Å². The molecule has 0 unspecified atom stereocenters. The Bertz CT molecular complexity index is 661. The Labute approximate surface area is 112 Å². The maximum Gasteiger partial charge on any atom is 0.289 e. The second-order valence-corrected chi connectivity index (χ2v) is 4.98. The highest BCUT2D eigenvalue weighted by Crippen LogP contribution is 2.20. The highest BCUT2D eigenvalue weighted by atomic mass is 32.1. The second-order valence-electron chi connectivity index (χ2n) is 3.66. The van der Waals surface area contributed by atoms with Crippen LogP contribution in [0.1, 0.15) is 15.4 Å². The van der Waals surface area contributed by atoms with Gasteiger partial charge in [0.25, 0.3) is 5.69 Å². The van der Waals surface area contributed by atoms with E-state index in [0.717, 1.165) is 16.1 Å². The molecule has 8 heteroatoms. The standard InChI is InChI=1S/C11H9N5O2S/c1-7-13-5-10(19-7)6-15-11-8(3-12)2-9(4-14-11)16(17)18/h2,4-5H,6H2,1H3,(H,14,15). The molecule has 2 aromatic rings. The van der Waals surface area contributed by atoms with Gasteiger partial charge in [-0.25, -0.2) is 9.97 Å². The first-order valence-corrected chi connectivity index (χ1v) is 6.11. The molecule has 19 heavy (non-hydrogen) atoms. The smallest absolute Gasteiger partial charge is 0.289 e. The van der Waals surface area contributed by atoms with Gasteiger partial charge in [-0.15, -0.1) is 11.3 Å². The number of nitro groups is 1. The molecule has 0 spiro atoms. The summed E-state index contributed by atoms with van der Waals surface area (Å²) in [6.45, 7) is 2.38. The number of pyridine rings is 1. The first kappa shape index (κ1) is 12.9. The molecule has 0 fully saturated rings. The highest BCUT2D eigenvalue weighted by molar-refractivity contribution is 7.11. The summed E-state index contributed by atoms with van der Waals surface area (Å²) in [5, 5.41) is 23.5. The Kier molecular flexibility index (Phi) is 3.68. The van der Waals surface area contributed by atoms with Crippen molar-refractivity contribution in [1.29, 1.82) is 5.26 Å². The minimum atomic E-state index is -0.579. The third-order valence-corrected chi connectivity index (χ3v) is 3.22. The zero-order chi connectivity index (χ0) is 13.8. The molecule has 0 aliphatic carbocycles. The molecule has 0 radical (unpaired) electrons. The van der Waals surface area contributed by atoms with Crippen LogP contribution in [0, 0.1) is 28.4 Å².